The third-order valence-electron chi connectivity index (χ3n) is 3.65. The second kappa shape index (κ2) is 6.70. The van der Waals surface area contributed by atoms with Gasteiger partial charge in [-0.05, 0) is 18.2 Å². The number of rotatable bonds is 3. The highest BCUT2D eigenvalue weighted by Crippen LogP contribution is 2.23. The molecule has 23 heavy (non-hydrogen) atoms. The number of carbonyl (C=O) groups excluding carboxylic acids is 1. The molecule has 1 amide bonds. The van der Waals surface area contributed by atoms with E-state index in [1.165, 1.54) is 0 Å². The molecule has 1 saturated heterocycles. The zero-order valence-corrected chi connectivity index (χ0v) is 13.2. The van der Waals surface area contributed by atoms with Crippen LogP contribution in [0, 0.1) is 0 Å². The summed E-state index contributed by atoms with van der Waals surface area (Å²) in [6.07, 6.45) is 2.90. The molecule has 120 valence electrons. The fourth-order valence-corrected chi connectivity index (χ4v) is 2.43. The maximum Gasteiger partial charge on any atom is 0.291 e. The Labute approximate surface area is 134 Å². The van der Waals surface area contributed by atoms with Gasteiger partial charge in [0.1, 0.15) is 11.9 Å². The quantitative estimate of drug-likeness (QED) is 0.846. The van der Waals surface area contributed by atoms with Crippen LogP contribution < -0.4 is 4.90 Å². The molecule has 2 aromatic heterocycles. The third kappa shape index (κ3) is 3.45. The number of carbonyl (C=O) groups is 1. The molecule has 1 unspecified atom stereocenters. The highest BCUT2D eigenvalue weighted by atomic mass is 16.5. The summed E-state index contributed by atoms with van der Waals surface area (Å²) in [4.78, 5) is 28.8. The van der Waals surface area contributed by atoms with Crippen molar-refractivity contribution >= 4 is 11.7 Å². The molecule has 0 saturated carbocycles. The second-order valence-electron chi connectivity index (χ2n) is 5.50. The SMILES string of the molecule is CN(C)c1cccc(C2CN(C(=O)c3ncccn3)CCO2)n1. The molecule has 7 nitrogen and oxygen atoms in total. The molecule has 1 fully saturated rings. The second-order valence-corrected chi connectivity index (χ2v) is 5.50. The number of nitrogens with zero attached hydrogens (tertiary/aromatic N) is 5. The van der Waals surface area contributed by atoms with Gasteiger partial charge in [0, 0.05) is 33.0 Å². The molecular formula is C16H19N5O2. The van der Waals surface area contributed by atoms with Crippen molar-refractivity contribution < 1.29 is 9.53 Å². The van der Waals surface area contributed by atoms with Crippen LogP contribution in [0.4, 0.5) is 5.82 Å². The molecule has 3 rings (SSSR count). The topological polar surface area (TPSA) is 71.5 Å². The predicted octanol–water partition coefficient (Wildman–Crippen LogP) is 1.15. The molecule has 2 aromatic rings. The molecule has 0 spiro atoms. The number of amides is 1. The third-order valence-corrected chi connectivity index (χ3v) is 3.65. The lowest BCUT2D eigenvalue weighted by atomic mass is 10.2. The summed E-state index contributed by atoms with van der Waals surface area (Å²) in [7, 11) is 3.88. The van der Waals surface area contributed by atoms with Crippen LogP contribution in [0.25, 0.3) is 0 Å². The smallest absolute Gasteiger partial charge is 0.291 e. The van der Waals surface area contributed by atoms with E-state index in [0.29, 0.717) is 19.7 Å². The van der Waals surface area contributed by atoms with Gasteiger partial charge in [-0.25, -0.2) is 15.0 Å². The van der Waals surface area contributed by atoms with Crippen LogP contribution >= 0.6 is 0 Å². The van der Waals surface area contributed by atoms with Gasteiger partial charge >= 0.3 is 0 Å². The minimum Gasteiger partial charge on any atom is -0.368 e. The van der Waals surface area contributed by atoms with E-state index >= 15 is 0 Å². The van der Waals surface area contributed by atoms with Crippen LogP contribution in [0.5, 0.6) is 0 Å². The lowest BCUT2D eigenvalue weighted by Gasteiger charge is -2.32. The zero-order chi connectivity index (χ0) is 16.2. The van der Waals surface area contributed by atoms with Crippen LogP contribution in [-0.4, -0.2) is 59.6 Å². The van der Waals surface area contributed by atoms with Gasteiger partial charge in [0.2, 0.25) is 5.82 Å². The van der Waals surface area contributed by atoms with Gasteiger partial charge in [-0.2, -0.15) is 0 Å². The first-order valence-corrected chi connectivity index (χ1v) is 7.47. The van der Waals surface area contributed by atoms with E-state index in [-0.39, 0.29) is 17.8 Å². The standard InChI is InChI=1S/C16H19N5O2/c1-20(2)14-6-3-5-12(19-14)13-11-21(9-10-23-13)16(22)15-17-7-4-8-18-15/h3-8,13H,9-11H2,1-2H3. The molecule has 0 aromatic carbocycles. The highest BCUT2D eigenvalue weighted by Gasteiger charge is 2.28. The summed E-state index contributed by atoms with van der Waals surface area (Å²) in [5.74, 6) is 0.895. The summed E-state index contributed by atoms with van der Waals surface area (Å²) in [5.41, 5.74) is 0.822. The van der Waals surface area contributed by atoms with Gasteiger partial charge in [-0.1, -0.05) is 6.07 Å². The Hall–Kier alpha value is -2.54. The van der Waals surface area contributed by atoms with Crippen LogP contribution in [0.2, 0.25) is 0 Å². The molecule has 1 aliphatic heterocycles. The van der Waals surface area contributed by atoms with Crippen molar-refractivity contribution in [3.63, 3.8) is 0 Å². The Morgan fingerprint density at radius 3 is 2.78 bits per heavy atom. The lowest BCUT2D eigenvalue weighted by Crippen LogP contribution is -2.43. The Morgan fingerprint density at radius 1 is 1.26 bits per heavy atom. The average molecular weight is 313 g/mol. The normalized spacial score (nSPS) is 17.8. The minimum absolute atomic E-state index is 0.178. The average Bonchev–Trinajstić information content (AvgIpc) is 2.62. The summed E-state index contributed by atoms with van der Waals surface area (Å²) in [6, 6.07) is 7.50. The molecule has 3 heterocycles. The number of morpholine rings is 1. The van der Waals surface area contributed by atoms with Gasteiger partial charge in [0.25, 0.3) is 5.91 Å². The molecule has 1 atom stereocenters. The van der Waals surface area contributed by atoms with Crippen molar-refractivity contribution in [2.45, 2.75) is 6.10 Å². The van der Waals surface area contributed by atoms with E-state index in [9.17, 15) is 4.79 Å². The Kier molecular flexibility index (Phi) is 4.47. The van der Waals surface area contributed by atoms with E-state index in [1.54, 1.807) is 23.4 Å². The molecule has 0 bridgehead atoms. The lowest BCUT2D eigenvalue weighted by molar-refractivity contribution is -0.0250. The molecular weight excluding hydrogens is 294 g/mol. The number of pyridine rings is 1. The van der Waals surface area contributed by atoms with E-state index in [2.05, 4.69) is 15.0 Å². The van der Waals surface area contributed by atoms with Crippen molar-refractivity contribution in [2.75, 3.05) is 38.7 Å². The maximum atomic E-state index is 12.5. The van der Waals surface area contributed by atoms with Crippen molar-refractivity contribution in [3.8, 4) is 0 Å². The zero-order valence-electron chi connectivity index (χ0n) is 13.2. The molecule has 1 aliphatic rings. The van der Waals surface area contributed by atoms with Gasteiger partial charge in [0.15, 0.2) is 0 Å². The van der Waals surface area contributed by atoms with E-state index in [1.807, 2.05) is 37.2 Å². The first-order valence-electron chi connectivity index (χ1n) is 7.47. The summed E-state index contributed by atoms with van der Waals surface area (Å²) in [5, 5.41) is 0. The largest absolute Gasteiger partial charge is 0.368 e. The Balaban J connectivity index is 1.76. The van der Waals surface area contributed by atoms with Crippen LogP contribution in [-0.2, 0) is 4.74 Å². The summed E-state index contributed by atoms with van der Waals surface area (Å²) >= 11 is 0. The van der Waals surface area contributed by atoms with E-state index < -0.39 is 0 Å². The monoisotopic (exact) mass is 313 g/mol. The first-order chi connectivity index (χ1) is 11.1. The Bertz CT molecular complexity index is 677. The maximum absolute atomic E-state index is 12.5. The number of anilines is 1. The van der Waals surface area contributed by atoms with Crippen molar-refractivity contribution in [3.05, 3.63) is 48.2 Å². The summed E-state index contributed by atoms with van der Waals surface area (Å²) in [6.45, 7) is 1.44. The van der Waals surface area contributed by atoms with Gasteiger partial charge < -0.3 is 14.5 Å². The molecule has 0 N–H and O–H groups in total. The van der Waals surface area contributed by atoms with E-state index in [0.717, 1.165) is 11.5 Å². The van der Waals surface area contributed by atoms with Crippen molar-refractivity contribution in [1.29, 1.82) is 0 Å². The fourth-order valence-electron chi connectivity index (χ4n) is 2.43. The molecule has 7 heteroatoms. The Morgan fingerprint density at radius 2 is 2.04 bits per heavy atom. The first kappa shape index (κ1) is 15.4. The van der Waals surface area contributed by atoms with Gasteiger partial charge in [-0.15, -0.1) is 0 Å². The number of hydrogen-bond donors (Lipinski definition) is 0. The highest BCUT2D eigenvalue weighted by molar-refractivity contribution is 5.90. The molecule has 0 radical (unpaired) electrons. The fraction of sp³-hybridized carbons (Fsp3) is 0.375. The number of hydrogen-bond acceptors (Lipinski definition) is 6. The number of aromatic nitrogens is 3. The van der Waals surface area contributed by atoms with Gasteiger partial charge in [-0.3, -0.25) is 4.79 Å². The molecule has 0 aliphatic carbocycles. The minimum atomic E-state index is -0.240. The predicted molar refractivity (Wildman–Crippen MR) is 85.2 cm³/mol. The summed E-state index contributed by atoms with van der Waals surface area (Å²) < 4.78 is 5.80. The van der Waals surface area contributed by atoms with Crippen molar-refractivity contribution in [2.24, 2.45) is 0 Å². The number of ether oxygens (including phenoxy) is 1. The van der Waals surface area contributed by atoms with Crippen molar-refractivity contribution in [1.82, 2.24) is 19.9 Å². The van der Waals surface area contributed by atoms with Crippen LogP contribution in [0.3, 0.4) is 0 Å². The van der Waals surface area contributed by atoms with Gasteiger partial charge in [0.05, 0.1) is 18.8 Å². The van der Waals surface area contributed by atoms with Crippen LogP contribution in [0.1, 0.15) is 22.4 Å². The van der Waals surface area contributed by atoms with E-state index in [4.69, 9.17) is 4.74 Å². The van der Waals surface area contributed by atoms with Crippen LogP contribution in [0.15, 0.2) is 36.7 Å².